The highest BCUT2D eigenvalue weighted by Crippen LogP contribution is 2.23. The molecule has 3 nitrogen and oxygen atoms in total. The number of hydrogen-bond acceptors (Lipinski definition) is 2. The Labute approximate surface area is 122 Å². The zero-order chi connectivity index (χ0) is 14.5. The first-order chi connectivity index (χ1) is 9.63. The predicted molar refractivity (Wildman–Crippen MR) is 84.0 cm³/mol. The molecule has 1 aromatic carbocycles. The van der Waals surface area contributed by atoms with Crippen LogP contribution in [0.4, 0.5) is 0 Å². The van der Waals surface area contributed by atoms with Gasteiger partial charge in [-0.3, -0.25) is 4.68 Å². The van der Waals surface area contributed by atoms with Crippen LogP contribution in [0.5, 0.6) is 0 Å². The lowest BCUT2D eigenvalue weighted by molar-refractivity contribution is 0.597. The van der Waals surface area contributed by atoms with Crippen molar-refractivity contribution in [1.82, 2.24) is 15.1 Å². The maximum absolute atomic E-state index is 4.46. The summed E-state index contributed by atoms with van der Waals surface area (Å²) in [6.45, 7) is 10.5. The van der Waals surface area contributed by atoms with Crippen molar-refractivity contribution in [3.8, 4) is 0 Å². The monoisotopic (exact) mass is 271 g/mol. The summed E-state index contributed by atoms with van der Waals surface area (Å²) < 4.78 is 2.03. The summed E-state index contributed by atoms with van der Waals surface area (Å²) in [5.41, 5.74) is 5.18. The van der Waals surface area contributed by atoms with E-state index < -0.39 is 0 Å². The fourth-order valence-electron chi connectivity index (χ4n) is 2.69. The van der Waals surface area contributed by atoms with Gasteiger partial charge in [-0.2, -0.15) is 5.10 Å². The molecule has 0 aliphatic heterocycles. The van der Waals surface area contributed by atoms with Gasteiger partial charge in [-0.15, -0.1) is 0 Å². The van der Waals surface area contributed by atoms with Gasteiger partial charge in [0.1, 0.15) is 0 Å². The summed E-state index contributed by atoms with van der Waals surface area (Å²) in [6, 6.07) is 6.96. The normalized spacial score (nSPS) is 12.6. The fraction of sp³-hybridized carbons (Fsp3) is 0.471. The number of aromatic nitrogens is 2. The average molecular weight is 271 g/mol. The van der Waals surface area contributed by atoms with Crippen LogP contribution in [-0.2, 0) is 6.54 Å². The van der Waals surface area contributed by atoms with Crippen molar-refractivity contribution in [3.63, 3.8) is 0 Å². The number of aryl methyl sites for hydroxylation is 3. The van der Waals surface area contributed by atoms with E-state index in [1.807, 2.05) is 10.9 Å². The van der Waals surface area contributed by atoms with Crippen LogP contribution in [-0.4, -0.2) is 16.3 Å². The quantitative estimate of drug-likeness (QED) is 0.870. The first-order valence-corrected chi connectivity index (χ1v) is 7.48. The third kappa shape index (κ3) is 3.48. The van der Waals surface area contributed by atoms with Gasteiger partial charge in [-0.05, 0) is 32.4 Å². The molecule has 0 aliphatic carbocycles. The molecule has 3 heteroatoms. The second-order valence-electron chi connectivity index (χ2n) is 5.45. The van der Waals surface area contributed by atoms with Crippen molar-refractivity contribution in [2.45, 2.75) is 46.7 Å². The van der Waals surface area contributed by atoms with Gasteiger partial charge in [0, 0.05) is 18.3 Å². The fourth-order valence-corrected chi connectivity index (χ4v) is 2.69. The molecule has 108 valence electrons. The standard InChI is InChI=1S/C17H25N3/c1-5-7-20-12-16(11-19-20)17(18-6-2)15-9-13(3)8-14(4)10-15/h8-12,17-18H,5-7H2,1-4H3. The van der Waals surface area contributed by atoms with Crippen molar-refractivity contribution in [3.05, 3.63) is 52.8 Å². The van der Waals surface area contributed by atoms with E-state index in [0.717, 1.165) is 19.5 Å². The van der Waals surface area contributed by atoms with Crippen LogP contribution < -0.4 is 5.32 Å². The lowest BCUT2D eigenvalue weighted by Gasteiger charge is -2.18. The summed E-state index contributed by atoms with van der Waals surface area (Å²) in [6.07, 6.45) is 5.26. The highest BCUT2D eigenvalue weighted by molar-refractivity contribution is 5.35. The van der Waals surface area contributed by atoms with Gasteiger partial charge in [0.2, 0.25) is 0 Å². The summed E-state index contributed by atoms with van der Waals surface area (Å²) in [4.78, 5) is 0. The number of nitrogens with one attached hydrogen (secondary N) is 1. The molecule has 1 heterocycles. The molecule has 0 saturated carbocycles. The van der Waals surface area contributed by atoms with Crippen molar-refractivity contribution >= 4 is 0 Å². The van der Waals surface area contributed by atoms with Crippen LogP contribution in [0.15, 0.2) is 30.6 Å². The second-order valence-corrected chi connectivity index (χ2v) is 5.45. The molecule has 0 aliphatic rings. The molecule has 0 saturated heterocycles. The molecule has 1 unspecified atom stereocenters. The van der Waals surface area contributed by atoms with Crippen LogP contribution in [0.3, 0.4) is 0 Å². The zero-order valence-electron chi connectivity index (χ0n) is 13.0. The number of hydrogen-bond donors (Lipinski definition) is 1. The second kappa shape index (κ2) is 6.71. The SMILES string of the molecule is CCCn1cc(C(NCC)c2cc(C)cc(C)c2)cn1. The molecule has 0 radical (unpaired) electrons. The predicted octanol–water partition coefficient (Wildman–Crippen LogP) is 3.61. The number of rotatable bonds is 6. The highest BCUT2D eigenvalue weighted by Gasteiger charge is 2.15. The van der Waals surface area contributed by atoms with Gasteiger partial charge in [-0.25, -0.2) is 0 Å². The Kier molecular flexibility index (Phi) is 4.96. The van der Waals surface area contributed by atoms with Gasteiger partial charge in [0.05, 0.1) is 12.2 Å². The summed E-state index contributed by atoms with van der Waals surface area (Å²) in [5, 5.41) is 8.03. The van der Waals surface area contributed by atoms with E-state index in [1.54, 1.807) is 0 Å². The third-order valence-corrected chi connectivity index (χ3v) is 3.42. The van der Waals surface area contributed by atoms with E-state index in [1.165, 1.54) is 22.3 Å². The lowest BCUT2D eigenvalue weighted by Crippen LogP contribution is -2.21. The molecule has 1 aromatic heterocycles. The smallest absolute Gasteiger partial charge is 0.0608 e. The molecule has 0 fully saturated rings. The Bertz CT molecular complexity index is 537. The summed E-state index contributed by atoms with van der Waals surface area (Å²) in [7, 11) is 0. The molecular formula is C17H25N3. The Balaban J connectivity index is 2.33. The number of benzene rings is 1. The summed E-state index contributed by atoms with van der Waals surface area (Å²) in [5.74, 6) is 0. The van der Waals surface area contributed by atoms with E-state index in [0.29, 0.717) is 0 Å². The maximum atomic E-state index is 4.46. The van der Waals surface area contributed by atoms with Crippen LogP contribution in [0, 0.1) is 13.8 Å². The first-order valence-electron chi connectivity index (χ1n) is 7.48. The van der Waals surface area contributed by atoms with E-state index in [2.05, 4.69) is 62.5 Å². The Morgan fingerprint density at radius 3 is 2.40 bits per heavy atom. The number of nitrogens with zero attached hydrogens (tertiary/aromatic N) is 2. The van der Waals surface area contributed by atoms with Crippen molar-refractivity contribution in [2.24, 2.45) is 0 Å². The molecule has 2 aromatic rings. The summed E-state index contributed by atoms with van der Waals surface area (Å²) >= 11 is 0. The van der Waals surface area contributed by atoms with Gasteiger partial charge >= 0.3 is 0 Å². The molecule has 2 rings (SSSR count). The molecule has 0 amide bonds. The van der Waals surface area contributed by atoms with Gasteiger partial charge in [0.15, 0.2) is 0 Å². The van der Waals surface area contributed by atoms with Gasteiger partial charge < -0.3 is 5.32 Å². The van der Waals surface area contributed by atoms with Crippen LogP contribution >= 0.6 is 0 Å². The zero-order valence-corrected chi connectivity index (χ0v) is 13.0. The van der Waals surface area contributed by atoms with Crippen molar-refractivity contribution < 1.29 is 0 Å². The third-order valence-electron chi connectivity index (χ3n) is 3.42. The molecule has 20 heavy (non-hydrogen) atoms. The van der Waals surface area contributed by atoms with Crippen LogP contribution in [0.25, 0.3) is 0 Å². The maximum Gasteiger partial charge on any atom is 0.0608 e. The Hall–Kier alpha value is -1.61. The van der Waals surface area contributed by atoms with Gasteiger partial charge in [0.25, 0.3) is 0 Å². The van der Waals surface area contributed by atoms with Crippen LogP contribution in [0.1, 0.15) is 48.6 Å². The van der Waals surface area contributed by atoms with E-state index in [4.69, 9.17) is 0 Å². The van der Waals surface area contributed by atoms with E-state index in [9.17, 15) is 0 Å². The minimum Gasteiger partial charge on any atom is -0.306 e. The topological polar surface area (TPSA) is 29.9 Å². The first kappa shape index (κ1) is 14.8. The minimum absolute atomic E-state index is 0.226. The molecule has 0 spiro atoms. The molecular weight excluding hydrogens is 246 g/mol. The molecule has 1 N–H and O–H groups in total. The largest absolute Gasteiger partial charge is 0.306 e. The Morgan fingerprint density at radius 1 is 1.10 bits per heavy atom. The minimum atomic E-state index is 0.226. The van der Waals surface area contributed by atoms with Crippen molar-refractivity contribution in [2.75, 3.05) is 6.54 Å². The van der Waals surface area contributed by atoms with Crippen molar-refractivity contribution in [1.29, 1.82) is 0 Å². The van der Waals surface area contributed by atoms with Crippen LogP contribution in [0.2, 0.25) is 0 Å². The molecule has 0 bridgehead atoms. The average Bonchev–Trinajstić information content (AvgIpc) is 2.83. The van der Waals surface area contributed by atoms with E-state index in [-0.39, 0.29) is 6.04 Å². The van der Waals surface area contributed by atoms with Gasteiger partial charge in [-0.1, -0.05) is 43.2 Å². The lowest BCUT2D eigenvalue weighted by atomic mass is 9.97. The van der Waals surface area contributed by atoms with E-state index >= 15 is 0 Å². The molecule has 1 atom stereocenters. The Morgan fingerprint density at radius 2 is 1.80 bits per heavy atom. The highest BCUT2D eigenvalue weighted by atomic mass is 15.3.